The molecule has 1 aliphatic rings. The van der Waals surface area contributed by atoms with Crippen LogP contribution in [0.5, 0.6) is 5.75 Å². The number of rotatable bonds is 14. The average molecular weight is 562 g/mol. The maximum Gasteiger partial charge on any atom is 0.266 e. The van der Waals surface area contributed by atoms with Crippen molar-refractivity contribution in [3.63, 3.8) is 0 Å². The molecular formula is C26H32BrN3O6. The van der Waals surface area contributed by atoms with Gasteiger partial charge in [0.1, 0.15) is 5.75 Å². The largest absolute Gasteiger partial charge is 0.494 e. The number of nitrogens with one attached hydrogen (secondary N) is 2. The van der Waals surface area contributed by atoms with E-state index in [1.54, 1.807) is 18.2 Å². The van der Waals surface area contributed by atoms with Crippen LogP contribution < -0.4 is 15.6 Å². The van der Waals surface area contributed by atoms with Gasteiger partial charge in [0.05, 0.1) is 13.2 Å². The minimum absolute atomic E-state index is 0.0685. The summed E-state index contributed by atoms with van der Waals surface area (Å²) in [5, 5.41) is 8.94. The van der Waals surface area contributed by atoms with Crippen LogP contribution in [0.15, 0.2) is 70.7 Å². The van der Waals surface area contributed by atoms with Gasteiger partial charge in [-0.05, 0) is 30.3 Å². The zero-order valence-corrected chi connectivity index (χ0v) is 22.0. The second-order valence-electron chi connectivity index (χ2n) is 8.04. The number of carbonyl (C=O) groups excluding carboxylic acids is 1. The summed E-state index contributed by atoms with van der Waals surface area (Å²) in [6, 6.07) is 14.8. The Morgan fingerprint density at radius 1 is 1.25 bits per heavy atom. The van der Waals surface area contributed by atoms with Crippen molar-refractivity contribution >= 4 is 27.7 Å². The summed E-state index contributed by atoms with van der Waals surface area (Å²) in [5.41, 5.74) is 5.77. The Bertz CT molecular complexity index is 1040. The molecule has 0 bridgehead atoms. The summed E-state index contributed by atoms with van der Waals surface area (Å²) in [7, 11) is 3.04. The van der Waals surface area contributed by atoms with E-state index in [1.165, 1.54) is 14.2 Å². The first-order valence-electron chi connectivity index (χ1n) is 11.5. The molecule has 1 aliphatic heterocycles. The van der Waals surface area contributed by atoms with Gasteiger partial charge in [0.2, 0.25) is 5.90 Å². The van der Waals surface area contributed by atoms with E-state index < -0.39 is 17.9 Å². The van der Waals surface area contributed by atoms with Crippen molar-refractivity contribution in [1.82, 2.24) is 10.9 Å². The van der Waals surface area contributed by atoms with Crippen molar-refractivity contribution in [2.75, 3.05) is 34.0 Å². The summed E-state index contributed by atoms with van der Waals surface area (Å²) in [5.74, 6) is 0.618. The molecule has 2 aromatic carbocycles. The van der Waals surface area contributed by atoms with E-state index in [4.69, 9.17) is 29.0 Å². The topological polar surface area (TPSA) is 111 Å². The lowest BCUT2D eigenvalue weighted by Crippen LogP contribution is -2.54. The Hall–Kier alpha value is -2.76. The number of methoxy groups -OCH3 is 2. The highest BCUT2D eigenvalue weighted by molar-refractivity contribution is 9.10. The van der Waals surface area contributed by atoms with Crippen LogP contribution in [-0.4, -0.2) is 62.7 Å². The first-order valence-corrected chi connectivity index (χ1v) is 12.3. The molecule has 36 heavy (non-hydrogen) atoms. The number of aliphatic hydroxyl groups excluding tert-OH is 1. The highest BCUT2D eigenvalue weighted by Crippen LogP contribution is 2.44. The van der Waals surface area contributed by atoms with Gasteiger partial charge in [-0.3, -0.25) is 10.2 Å². The molecule has 3 N–H and O–H groups in total. The standard InChI is InChI=1S/C26H32BrN3O6/c1-4-14-26(25(32)30-28-17-22(33-2)34-3)23(20-8-5-6-9-21(20)27)36-24(29-26)18-10-12-19(13-11-18)35-16-7-15-31/h4-6,8-13,22-23,28,31H,1,7,14-17H2,2-3H3,(H,30,32)/t23-,26-/m0/s1. The van der Waals surface area contributed by atoms with Crippen LogP contribution in [0.2, 0.25) is 0 Å². The van der Waals surface area contributed by atoms with Gasteiger partial charge in [-0.2, -0.15) is 0 Å². The molecule has 10 heteroatoms. The summed E-state index contributed by atoms with van der Waals surface area (Å²) < 4.78 is 23.1. The summed E-state index contributed by atoms with van der Waals surface area (Å²) in [6.45, 7) is 4.59. The predicted octanol–water partition coefficient (Wildman–Crippen LogP) is 3.28. The van der Waals surface area contributed by atoms with Gasteiger partial charge >= 0.3 is 0 Å². The molecule has 0 fully saturated rings. The third-order valence-electron chi connectivity index (χ3n) is 5.67. The van der Waals surface area contributed by atoms with Crippen molar-refractivity contribution in [2.45, 2.75) is 30.8 Å². The third kappa shape index (κ3) is 6.51. The quantitative estimate of drug-likeness (QED) is 0.140. The van der Waals surface area contributed by atoms with E-state index in [0.717, 1.165) is 10.0 Å². The van der Waals surface area contributed by atoms with Gasteiger partial charge in [0.15, 0.2) is 17.9 Å². The van der Waals surface area contributed by atoms with Crippen LogP contribution in [-0.2, 0) is 19.0 Å². The van der Waals surface area contributed by atoms with Crippen LogP contribution in [0.3, 0.4) is 0 Å². The Morgan fingerprint density at radius 2 is 1.97 bits per heavy atom. The van der Waals surface area contributed by atoms with Gasteiger partial charge in [-0.1, -0.05) is 40.2 Å². The van der Waals surface area contributed by atoms with Crippen LogP contribution in [0.1, 0.15) is 30.1 Å². The fraction of sp³-hybridized carbons (Fsp3) is 0.385. The molecule has 0 saturated carbocycles. The number of amides is 1. The number of halogens is 1. The summed E-state index contributed by atoms with van der Waals surface area (Å²) >= 11 is 3.59. The number of nitrogens with zero attached hydrogens (tertiary/aromatic N) is 1. The van der Waals surface area contributed by atoms with E-state index in [2.05, 4.69) is 33.4 Å². The Kier molecular flexibility index (Phi) is 10.4. The van der Waals surface area contributed by atoms with Gasteiger partial charge in [0, 0.05) is 49.3 Å². The molecule has 2 atom stereocenters. The molecule has 9 nitrogen and oxygen atoms in total. The van der Waals surface area contributed by atoms with Gasteiger partial charge in [-0.15, -0.1) is 6.58 Å². The maximum atomic E-state index is 13.6. The smallest absolute Gasteiger partial charge is 0.266 e. The molecule has 194 valence electrons. The minimum Gasteiger partial charge on any atom is -0.494 e. The van der Waals surface area contributed by atoms with E-state index >= 15 is 0 Å². The molecular weight excluding hydrogens is 530 g/mol. The van der Waals surface area contributed by atoms with Crippen molar-refractivity contribution in [3.05, 3.63) is 76.8 Å². The second kappa shape index (κ2) is 13.5. The maximum absolute atomic E-state index is 13.6. The van der Waals surface area contributed by atoms with Crippen LogP contribution in [0.25, 0.3) is 0 Å². The third-order valence-corrected chi connectivity index (χ3v) is 6.39. The molecule has 2 aromatic rings. The van der Waals surface area contributed by atoms with Crippen LogP contribution in [0.4, 0.5) is 0 Å². The van der Waals surface area contributed by atoms with Crippen molar-refractivity contribution < 1.29 is 28.8 Å². The summed E-state index contributed by atoms with van der Waals surface area (Å²) in [4.78, 5) is 18.5. The highest BCUT2D eigenvalue weighted by Gasteiger charge is 2.53. The number of carbonyl (C=O) groups is 1. The number of benzene rings is 2. The van der Waals surface area contributed by atoms with Crippen molar-refractivity contribution in [1.29, 1.82) is 0 Å². The normalized spacial score (nSPS) is 19.0. The lowest BCUT2D eigenvalue weighted by Gasteiger charge is -2.30. The molecule has 0 aromatic heterocycles. The van der Waals surface area contributed by atoms with Crippen molar-refractivity contribution in [2.24, 2.45) is 4.99 Å². The SMILES string of the molecule is C=CC[C@]1(C(=O)NNCC(OC)OC)N=C(c2ccc(OCCCO)cc2)O[C@H]1c1ccccc1Br. The number of hydrazine groups is 1. The fourth-order valence-electron chi connectivity index (χ4n) is 3.79. The fourth-order valence-corrected chi connectivity index (χ4v) is 4.28. The lowest BCUT2D eigenvalue weighted by molar-refractivity contribution is -0.131. The monoisotopic (exact) mass is 561 g/mol. The first kappa shape index (κ1) is 27.8. The van der Waals surface area contributed by atoms with E-state index in [1.807, 2.05) is 36.4 Å². The first-order chi connectivity index (χ1) is 17.5. The molecule has 0 aliphatic carbocycles. The predicted molar refractivity (Wildman–Crippen MR) is 140 cm³/mol. The molecule has 1 amide bonds. The van der Waals surface area contributed by atoms with Crippen LogP contribution in [0, 0.1) is 0 Å². The van der Waals surface area contributed by atoms with Gasteiger partial charge in [-0.25, -0.2) is 10.4 Å². The van der Waals surface area contributed by atoms with E-state index in [0.29, 0.717) is 30.2 Å². The van der Waals surface area contributed by atoms with E-state index in [9.17, 15) is 4.79 Å². The number of aliphatic hydroxyl groups is 1. The Labute approximate surface area is 219 Å². The molecule has 1 heterocycles. The number of aliphatic imine (C=N–C) groups is 1. The van der Waals surface area contributed by atoms with Gasteiger partial charge in [0.25, 0.3) is 5.91 Å². The average Bonchev–Trinajstić information content (AvgIpc) is 3.28. The zero-order chi connectivity index (χ0) is 26.0. The molecule has 0 spiro atoms. The Balaban J connectivity index is 1.93. The van der Waals surface area contributed by atoms with Crippen LogP contribution >= 0.6 is 15.9 Å². The molecule has 0 unspecified atom stereocenters. The molecule has 0 saturated heterocycles. The van der Waals surface area contributed by atoms with E-state index in [-0.39, 0.29) is 25.5 Å². The molecule has 0 radical (unpaired) electrons. The zero-order valence-electron chi connectivity index (χ0n) is 20.4. The number of hydrogen-bond donors (Lipinski definition) is 3. The van der Waals surface area contributed by atoms with Crippen molar-refractivity contribution in [3.8, 4) is 5.75 Å². The van der Waals surface area contributed by atoms with Gasteiger partial charge < -0.3 is 24.1 Å². The lowest BCUT2D eigenvalue weighted by atomic mass is 9.84. The highest BCUT2D eigenvalue weighted by atomic mass is 79.9. The summed E-state index contributed by atoms with van der Waals surface area (Å²) in [6.07, 6.45) is 1.19. The number of hydrogen-bond acceptors (Lipinski definition) is 8. The minimum atomic E-state index is -1.32. The Morgan fingerprint density at radius 3 is 2.61 bits per heavy atom. The number of ether oxygens (including phenoxy) is 4. The molecule has 3 rings (SSSR count). The second-order valence-corrected chi connectivity index (χ2v) is 8.89.